The van der Waals surface area contributed by atoms with Crippen molar-refractivity contribution < 1.29 is 4.39 Å². The first-order chi connectivity index (χ1) is 8.47. The summed E-state index contributed by atoms with van der Waals surface area (Å²) in [7, 11) is 0. The summed E-state index contributed by atoms with van der Waals surface area (Å²) in [6, 6.07) is 0. The van der Waals surface area contributed by atoms with Gasteiger partial charge < -0.3 is 0 Å². The van der Waals surface area contributed by atoms with Crippen LogP contribution in [0.15, 0.2) is 6.20 Å². The van der Waals surface area contributed by atoms with Crippen molar-refractivity contribution in [2.24, 2.45) is 5.92 Å². The van der Waals surface area contributed by atoms with Gasteiger partial charge >= 0.3 is 0 Å². The third kappa shape index (κ3) is 2.98. The van der Waals surface area contributed by atoms with Crippen LogP contribution in [-0.4, -0.2) is 34.1 Å². The summed E-state index contributed by atoms with van der Waals surface area (Å²) in [5.74, 6) is 1.11. The van der Waals surface area contributed by atoms with Gasteiger partial charge in [0.15, 0.2) is 0 Å². The van der Waals surface area contributed by atoms with Crippen LogP contribution in [0.4, 0.5) is 4.39 Å². The van der Waals surface area contributed by atoms with Crippen molar-refractivity contribution >= 4 is 11.6 Å². The fourth-order valence-corrected chi connectivity index (χ4v) is 2.37. The molecule has 2 unspecified atom stereocenters. The minimum atomic E-state index is -0.736. The number of halogens is 2. The molecule has 0 aliphatic carbocycles. The summed E-state index contributed by atoms with van der Waals surface area (Å²) in [5, 5.41) is 0.490. The molecule has 0 amide bonds. The standard InChI is InChI=1S/C13H19ClFN3/c1-8(2)13-16-4-10(12(14)17-13)6-18-5-9(3)11(15)7-18/h4,8-9,11H,5-7H2,1-3H3. The van der Waals surface area contributed by atoms with Gasteiger partial charge in [0.2, 0.25) is 0 Å². The molecule has 0 aromatic carbocycles. The van der Waals surface area contributed by atoms with E-state index in [-0.39, 0.29) is 11.8 Å². The largest absolute Gasteiger partial charge is 0.296 e. The number of aromatic nitrogens is 2. The van der Waals surface area contributed by atoms with E-state index in [1.165, 1.54) is 0 Å². The van der Waals surface area contributed by atoms with Crippen LogP contribution >= 0.6 is 11.6 Å². The van der Waals surface area contributed by atoms with E-state index in [1.807, 2.05) is 20.8 Å². The lowest BCUT2D eigenvalue weighted by Crippen LogP contribution is -2.21. The Morgan fingerprint density at radius 2 is 2.22 bits per heavy atom. The molecular weight excluding hydrogens is 253 g/mol. The smallest absolute Gasteiger partial charge is 0.137 e. The SMILES string of the molecule is CC(C)c1ncc(CN2CC(C)C(F)C2)c(Cl)n1. The monoisotopic (exact) mass is 271 g/mol. The van der Waals surface area contributed by atoms with Crippen LogP contribution in [0.25, 0.3) is 0 Å². The Morgan fingerprint density at radius 3 is 2.72 bits per heavy atom. The van der Waals surface area contributed by atoms with E-state index in [0.29, 0.717) is 18.2 Å². The van der Waals surface area contributed by atoms with E-state index >= 15 is 0 Å². The predicted octanol–water partition coefficient (Wildman–Crippen LogP) is 3.04. The Kier molecular flexibility index (Phi) is 4.17. The van der Waals surface area contributed by atoms with Crippen LogP contribution in [0.2, 0.25) is 5.15 Å². The predicted molar refractivity (Wildman–Crippen MR) is 70.5 cm³/mol. The van der Waals surface area contributed by atoms with Gasteiger partial charge in [-0.15, -0.1) is 0 Å². The lowest BCUT2D eigenvalue weighted by molar-refractivity contribution is 0.273. The molecule has 2 rings (SSSR count). The van der Waals surface area contributed by atoms with Crippen LogP contribution in [-0.2, 0) is 6.54 Å². The van der Waals surface area contributed by atoms with Crippen molar-refractivity contribution in [1.82, 2.24) is 14.9 Å². The Bertz CT molecular complexity index is 415. The van der Waals surface area contributed by atoms with Gasteiger partial charge in [-0.2, -0.15) is 0 Å². The van der Waals surface area contributed by atoms with Gasteiger partial charge in [0, 0.05) is 43.2 Å². The zero-order valence-corrected chi connectivity index (χ0v) is 11.8. The molecule has 0 saturated carbocycles. The molecule has 18 heavy (non-hydrogen) atoms. The highest BCUT2D eigenvalue weighted by Crippen LogP contribution is 2.23. The molecule has 1 saturated heterocycles. The molecule has 1 fully saturated rings. The molecule has 1 aliphatic heterocycles. The number of rotatable bonds is 3. The summed E-state index contributed by atoms with van der Waals surface area (Å²) in [6.45, 7) is 7.86. The summed E-state index contributed by atoms with van der Waals surface area (Å²) in [5.41, 5.74) is 0.877. The Balaban J connectivity index is 2.06. The molecule has 5 heteroatoms. The van der Waals surface area contributed by atoms with Gasteiger partial charge in [-0.3, -0.25) is 4.90 Å². The van der Waals surface area contributed by atoms with E-state index in [4.69, 9.17) is 11.6 Å². The first kappa shape index (κ1) is 13.7. The van der Waals surface area contributed by atoms with Crippen LogP contribution in [0.3, 0.4) is 0 Å². The molecule has 100 valence electrons. The zero-order chi connectivity index (χ0) is 13.3. The molecular formula is C13H19ClFN3. The summed E-state index contributed by atoms with van der Waals surface area (Å²) in [6.07, 6.45) is 1.03. The van der Waals surface area contributed by atoms with Crippen LogP contribution < -0.4 is 0 Å². The maximum Gasteiger partial charge on any atom is 0.137 e. The summed E-state index contributed by atoms with van der Waals surface area (Å²) < 4.78 is 13.4. The Morgan fingerprint density at radius 1 is 1.50 bits per heavy atom. The minimum absolute atomic E-state index is 0.0969. The molecule has 2 atom stereocenters. The molecule has 0 bridgehead atoms. The maximum atomic E-state index is 13.4. The fraction of sp³-hybridized carbons (Fsp3) is 0.692. The topological polar surface area (TPSA) is 29.0 Å². The lowest BCUT2D eigenvalue weighted by Gasteiger charge is -2.15. The minimum Gasteiger partial charge on any atom is -0.296 e. The second kappa shape index (κ2) is 5.49. The van der Waals surface area contributed by atoms with Crippen molar-refractivity contribution in [3.8, 4) is 0 Å². The third-order valence-electron chi connectivity index (χ3n) is 3.34. The van der Waals surface area contributed by atoms with E-state index < -0.39 is 6.17 Å². The van der Waals surface area contributed by atoms with Gasteiger partial charge in [-0.1, -0.05) is 32.4 Å². The van der Waals surface area contributed by atoms with E-state index in [0.717, 1.165) is 17.9 Å². The maximum absolute atomic E-state index is 13.4. The first-order valence-electron chi connectivity index (χ1n) is 6.35. The van der Waals surface area contributed by atoms with Crippen molar-refractivity contribution in [3.05, 3.63) is 22.7 Å². The molecule has 0 spiro atoms. The Hall–Kier alpha value is -0.740. The van der Waals surface area contributed by atoms with Gasteiger partial charge in [0.25, 0.3) is 0 Å². The van der Waals surface area contributed by atoms with E-state index in [9.17, 15) is 4.39 Å². The van der Waals surface area contributed by atoms with Gasteiger partial charge in [-0.05, 0) is 0 Å². The zero-order valence-electron chi connectivity index (χ0n) is 11.0. The summed E-state index contributed by atoms with van der Waals surface area (Å²) >= 11 is 6.15. The number of alkyl halides is 1. The van der Waals surface area contributed by atoms with Crippen molar-refractivity contribution in [1.29, 1.82) is 0 Å². The molecule has 0 radical (unpaired) electrons. The van der Waals surface area contributed by atoms with Gasteiger partial charge in [0.05, 0.1) is 0 Å². The average Bonchev–Trinajstić information content (AvgIpc) is 2.61. The molecule has 2 heterocycles. The molecule has 1 aromatic heterocycles. The second-order valence-electron chi connectivity index (χ2n) is 5.39. The normalized spacial score (nSPS) is 25.0. The van der Waals surface area contributed by atoms with Crippen molar-refractivity contribution in [3.63, 3.8) is 0 Å². The van der Waals surface area contributed by atoms with Crippen LogP contribution in [0.5, 0.6) is 0 Å². The quantitative estimate of drug-likeness (QED) is 0.792. The number of nitrogens with zero attached hydrogens (tertiary/aromatic N) is 3. The Labute approximate surface area is 112 Å². The highest BCUT2D eigenvalue weighted by atomic mass is 35.5. The fourth-order valence-electron chi connectivity index (χ4n) is 2.18. The molecule has 1 aromatic rings. The molecule has 3 nitrogen and oxygen atoms in total. The second-order valence-corrected chi connectivity index (χ2v) is 5.74. The van der Waals surface area contributed by atoms with Crippen LogP contribution in [0, 0.1) is 5.92 Å². The first-order valence-corrected chi connectivity index (χ1v) is 6.73. The number of likely N-dealkylation sites (tertiary alicyclic amines) is 1. The third-order valence-corrected chi connectivity index (χ3v) is 3.66. The molecule has 0 N–H and O–H groups in total. The van der Waals surface area contributed by atoms with Gasteiger partial charge in [-0.25, -0.2) is 14.4 Å². The van der Waals surface area contributed by atoms with E-state index in [1.54, 1.807) is 6.20 Å². The lowest BCUT2D eigenvalue weighted by atomic mass is 10.1. The molecule has 1 aliphatic rings. The van der Waals surface area contributed by atoms with Gasteiger partial charge in [0.1, 0.15) is 17.1 Å². The highest BCUT2D eigenvalue weighted by Gasteiger charge is 2.29. The average molecular weight is 272 g/mol. The van der Waals surface area contributed by atoms with Crippen LogP contribution in [0.1, 0.15) is 38.1 Å². The number of hydrogen-bond donors (Lipinski definition) is 0. The highest BCUT2D eigenvalue weighted by molar-refractivity contribution is 6.30. The van der Waals surface area contributed by atoms with E-state index in [2.05, 4.69) is 14.9 Å². The van der Waals surface area contributed by atoms with Crippen molar-refractivity contribution in [2.75, 3.05) is 13.1 Å². The summed E-state index contributed by atoms with van der Waals surface area (Å²) in [4.78, 5) is 10.7. The van der Waals surface area contributed by atoms with Crippen molar-refractivity contribution in [2.45, 2.75) is 39.4 Å². The number of hydrogen-bond acceptors (Lipinski definition) is 3.